The Bertz CT molecular complexity index is 414. The van der Waals surface area contributed by atoms with E-state index in [1.54, 1.807) is 0 Å². The van der Waals surface area contributed by atoms with Crippen LogP contribution in [0.5, 0.6) is 0 Å². The van der Waals surface area contributed by atoms with E-state index in [1.807, 2.05) is 6.07 Å². The Morgan fingerprint density at radius 1 is 1.22 bits per heavy atom. The summed E-state index contributed by atoms with van der Waals surface area (Å²) in [6, 6.07) is 10.9. The fourth-order valence-corrected chi connectivity index (χ4v) is 2.60. The first-order valence-corrected chi connectivity index (χ1v) is 6.88. The number of hydrogen-bond acceptors (Lipinski definition) is 2. The third-order valence-corrected chi connectivity index (χ3v) is 3.82. The zero-order chi connectivity index (χ0) is 12.4. The van der Waals surface area contributed by atoms with Crippen molar-refractivity contribution in [1.29, 1.82) is 0 Å². The average Bonchev–Trinajstić information content (AvgIpc) is 3.15. The largest absolute Gasteiger partial charge is 0.352 e. The Labute approximate surface area is 108 Å². The minimum atomic E-state index is 0.279. The van der Waals surface area contributed by atoms with E-state index in [0.29, 0.717) is 12.0 Å². The molecule has 1 heterocycles. The first kappa shape index (κ1) is 11.7. The quantitative estimate of drug-likeness (QED) is 0.875. The summed E-state index contributed by atoms with van der Waals surface area (Å²) in [5.41, 5.74) is 1.35. The fraction of sp³-hybridized carbons (Fsp3) is 0.533. The van der Waals surface area contributed by atoms with Crippen LogP contribution in [0.15, 0.2) is 30.3 Å². The standard InChI is InChI=1S/C15H20N2O/c18-15(13-6-7-13)16-14-8-9-17(11-14)10-12-4-2-1-3-5-12/h1-5,13-14H,6-11H2,(H,16,18). The molecule has 1 N–H and O–H groups in total. The Balaban J connectivity index is 1.47. The molecule has 1 saturated carbocycles. The molecule has 0 bridgehead atoms. The van der Waals surface area contributed by atoms with Crippen LogP contribution in [-0.2, 0) is 11.3 Å². The third-order valence-electron chi connectivity index (χ3n) is 3.82. The highest BCUT2D eigenvalue weighted by atomic mass is 16.2. The predicted octanol–water partition coefficient (Wildman–Crippen LogP) is 1.79. The monoisotopic (exact) mass is 244 g/mol. The van der Waals surface area contributed by atoms with Crippen LogP contribution >= 0.6 is 0 Å². The smallest absolute Gasteiger partial charge is 0.223 e. The lowest BCUT2D eigenvalue weighted by Gasteiger charge is -2.16. The second-order valence-corrected chi connectivity index (χ2v) is 5.49. The molecule has 1 aromatic rings. The van der Waals surface area contributed by atoms with Crippen molar-refractivity contribution in [3.05, 3.63) is 35.9 Å². The van der Waals surface area contributed by atoms with Crippen LogP contribution in [0.4, 0.5) is 0 Å². The van der Waals surface area contributed by atoms with Crippen molar-refractivity contribution < 1.29 is 4.79 Å². The number of nitrogens with one attached hydrogen (secondary N) is 1. The normalized spacial score (nSPS) is 24.1. The number of hydrogen-bond donors (Lipinski definition) is 1. The van der Waals surface area contributed by atoms with E-state index in [2.05, 4.69) is 34.5 Å². The lowest BCUT2D eigenvalue weighted by molar-refractivity contribution is -0.122. The van der Waals surface area contributed by atoms with Crippen molar-refractivity contribution in [3.8, 4) is 0 Å². The summed E-state index contributed by atoms with van der Waals surface area (Å²) in [6.07, 6.45) is 3.27. The Kier molecular flexibility index (Phi) is 3.33. The number of nitrogens with zero attached hydrogens (tertiary/aromatic N) is 1. The summed E-state index contributed by atoms with van der Waals surface area (Å²) in [5, 5.41) is 3.18. The molecule has 3 heteroatoms. The number of carbonyl (C=O) groups excluding carboxylic acids is 1. The van der Waals surface area contributed by atoms with E-state index in [1.165, 1.54) is 5.56 Å². The molecule has 1 unspecified atom stereocenters. The highest BCUT2D eigenvalue weighted by Gasteiger charge is 2.32. The first-order chi connectivity index (χ1) is 8.81. The fourth-order valence-electron chi connectivity index (χ4n) is 2.60. The third kappa shape index (κ3) is 2.91. The summed E-state index contributed by atoms with van der Waals surface area (Å²) in [4.78, 5) is 14.1. The second kappa shape index (κ2) is 5.11. The van der Waals surface area contributed by atoms with Crippen molar-refractivity contribution in [1.82, 2.24) is 10.2 Å². The average molecular weight is 244 g/mol. The van der Waals surface area contributed by atoms with Crippen LogP contribution in [0.25, 0.3) is 0 Å². The molecule has 3 rings (SSSR count). The van der Waals surface area contributed by atoms with Crippen LogP contribution in [0.1, 0.15) is 24.8 Å². The molecule has 0 spiro atoms. The van der Waals surface area contributed by atoms with Crippen LogP contribution in [0.2, 0.25) is 0 Å². The maximum Gasteiger partial charge on any atom is 0.223 e. The number of benzene rings is 1. The van der Waals surface area contributed by atoms with Gasteiger partial charge in [-0.25, -0.2) is 0 Å². The van der Waals surface area contributed by atoms with E-state index in [0.717, 1.165) is 38.9 Å². The number of amides is 1. The van der Waals surface area contributed by atoms with Gasteiger partial charge in [-0.05, 0) is 24.8 Å². The molecule has 0 radical (unpaired) electrons. The summed E-state index contributed by atoms with van der Waals surface area (Å²) in [6.45, 7) is 3.08. The minimum absolute atomic E-state index is 0.279. The van der Waals surface area contributed by atoms with Gasteiger partial charge in [0.2, 0.25) is 5.91 Å². The summed E-state index contributed by atoms with van der Waals surface area (Å²) < 4.78 is 0. The van der Waals surface area contributed by atoms with E-state index < -0.39 is 0 Å². The summed E-state index contributed by atoms with van der Waals surface area (Å²) in [7, 11) is 0. The lowest BCUT2D eigenvalue weighted by Crippen LogP contribution is -2.37. The molecule has 3 nitrogen and oxygen atoms in total. The van der Waals surface area contributed by atoms with E-state index in [4.69, 9.17) is 0 Å². The Morgan fingerprint density at radius 2 is 2.00 bits per heavy atom. The molecular weight excluding hydrogens is 224 g/mol. The molecule has 1 aromatic carbocycles. The highest BCUT2D eigenvalue weighted by Crippen LogP contribution is 2.29. The summed E-state index contributed by atoms with van der Waals surface area (Å²) >= 11 is 0. The summed E-state index contributed by atoms with van der Waals surface area (Å²) in [5.74, 6) is 0.606. The first-order valence-electron chi connectivity index (χ1n) is 6.88. The van der Waals surface area contributed by atoms with Gasteiger partial charge in [0, 0.05) is 31.6 Å². The molecule has 2 fully saturated rings. The van der Waals surface area contributed by atoms with Gasteiger partial charge < -0.3 is 5.32 Å². The molecule has 1 atom stereocenters. The van der Waals surface area contributed by atoms with Crippen molar-refractivity contribution >= 4 is 5.91 Å². The molecule has 1 aliphatic heterocycles. The van der Waals surface area contributed by atoms with Crippen LogP contribution in [0, 0.1) is 5.92 Å². The van der Waals surface area contributed by atoms with Crippen molar-refractivity contribution in [2.75, 3.05) is 13.1 Å². The molecule has 2 aliphatic rings. The zero-order valence-corrected chi connectivity index (χ0v) is 10.6. The van der Waals surface area contributed by atoms with Gasteiger partial charge in [-0.2, -0.15) is 0 Å². The number of likely N-dealkylation sites (tertiary alicyclic amines) is 1. The molecule has 0 aromatic heterocycles. The molecule has 96 valence electrons. The second-order valence-electron chi connectivity index (χ2n) is 5.49. The number of rotatable bonds is 4. The van der Waals surface area contributed by atoms with E-state index in [9.17, 15) is 4.79 Å². The van der Waals surface area contributed by atoms with Gasteiger partial charge in [-0.3, -0.25) is 9.69 Å². The molecule has 1 aliphatic carbocycles. The van der Waals surface area contributed by atoms with Crippen molar-refractivity contribution in [2.24, 2.45) is 5.92 Å². The van der Waals surface area contributed by atoms with Gasteiger partial charge in [0.05, 0.1) is 0 Å². The van der Waals surface area contributed by atoms with Crippen LogP contribution in [-0.4, -0.2) is 29.9 Å². The van der Waals surface area contributed by atoms with Crippen LogP contribution < -0.4 is 5.32 Å². The molecular formula is C15H20N2O. The Hall–Kier alpha value is -1.35. The number of carbonyl (C=O) groups is 1. The maximum atomic E-state index is 11.7. The van der Waals surface area contributed by atoms with Gasteiger partial charge >= 0.3 is 0 Å². The maximum absolute atomic E-state index is 11.7. The van der Waals surface area contributed by atoms with Gasteiger partial charge in [-0.1, -0.05) is 30.3 Å². The Morgan fingerprint density at radius 3 is 2.72 bits per heavy atom. The SMILES string of the molecule is O=C(NC1CCN(Cc2ccccc2)C1)C1CC1. The topological polar surface area (TPSA) is 32.3 Å². The van der Waals surface area contributed by atoms with Crippen LogP contribution in [0.3, 0.4) is 0 Å². The van der Waals surface area contributed by atoms with E-state index in [-0.39, 0.29) is 5.91 Å². The molecule has 1 saturated heterocycles. The van der Waals surface area contributed by atoms with Gasteiger partial charge in [-0.15, -0.1) is 0 Å². The molecule has 18 heavy (non-hydrogen) atoms. The molecule has 1 amide bonds. The van der Waals surface area contributed by atoms with Crippen molar-refractivity contribution in [2.45, 2.75) is 31.8 Å². The van der Waals surface area contributed by atoms with Gasteiger partial charge in [0.15, 0.2) is 0 Å². The highest BCUT2D eigenvalue weighted by molar-refractivity contribution is 5.81. The predicted molar refractivity (Wildman–Crippen MR) is 71.0 cm³/mol. The zero-order valence-electron chi connectivity index (χ0n) is 10.6. The van der Waals surface area contributed by atoms with Crippen molar-refractivity contribution in [3.63, 3.8) is 0 Å². The minimum Gasteiger partial charge on any atom is -0.352 e. The van der Waals surface area contributed by atoms with Gasteiger partial charge in [0.1, 0.15) is 0 Å². The lowest BCUT2D eigenvalue weighted by atomic mass is 10.2. The van der Waals surface area contributed by atoms with Gasteiger partial charge in [0.25, 0.3) is 0 Å². The van der Waals surface area contributed by atoms with E-state index >= 15 is 0 Å².